The van der Waals surface area contributed by atoms with E-state index in [4.69, 9.17) is 4.42 Å². The molecule has 58 heavy (non-hydrogen) atoms. The molecule has 0 aliphatic rings. The predicted molar refractivity (Wildman–Crippen MR) is 245 cm³/mol. The van der Waals surface area contributed by atoms with Gasteiger partial charge in [0.2, 0.25) is 0 Å². The largest absolute Gasteiger partial charge is 0.455 e. The average Bonchev–Trinajstić information content (AvgIpc) is 3.69. The fourth-order valence-electron chi connectivity index (χ4n) is 8.66. The van der Waals surface area contributed by atoms with Gasteiger partial charge in [-0.25, -0.2) is 0 Å². The Morgan fingerprint density at radius 3 is 1.55 bits per heavy atom. The minimum absolute atomic E-state index is 0.900. The van der Waals surface area contributed by atoms with E-state index in [1.165, 1.54) is 44.2 Å². The van der Waals surface area contributed by atoms with Crippen molar-refractivity contribution in [2.75, 3.05) is 4.90 Å². The zero-order valence-electron chi connectivity index (χ0n) is 31.7. The number of benzene rings is 10. The normalized spacial score (nSPS) is 11.4. The second kappa shape index (κ2) is 14.1. The molecule has 0 fully saturated rings. The Morgan fingerprint density at radius 2 is 0.810 bits per heavy atom. The Morgan fingerprint density at radius 1 is 0.293 bits per heavy atom. The zero-order valence-corrected chi connectivity index (χ0v) is 31.7. The molecule has 2 heteroatoms. The Bertz CT molecular complexity index is 3250. The quantitative estimate of drug-likeness (QED) is 0.162. The lowest BCUT2D eigenvalue weighted by Gasteiger charge is -2.28. The second-order valence-corrected chi connectivity index (χ2v) is 14.9. The summed E-state index contributed by atoms with van der Waals surface area (Å²) in [6.07, 6.45) is 0. The SMILES string of the molecule is c1ccc(-c2ccc(N(c3ccc(-c4ccc(-c5cccc6ccccc56)cc4)cc3)c3ccccc3-c3cccc4ccc5c6ccccc6oc5c34)cc2)cc1. The molecule has 0 atom stereocenters. The van der Waals surface area contributed by atoms with Gasteiger partial charge in [0.25, 0.3) is 0 Å². The van der Waals surface area contributed by atoms with Crippen molar-refractivity contribution in [1.82, 2.24) is 0 Å². The molecular formula is C56H37NO. The first-order valence-electron chi connectivity index (χ1n) is 19.8. The van der Waals surface area contributed by atoms with E-state index < -0.39 is 0 Å². The number of nitrogens with zero attached hydrogens (tertiary/aromatic N) is 1. The number of anilines is 3. The van der Waals surface area contributed by atoms with Crippen LogP contribution in [0.1, 0.15) is 0 Å². The van der Waals surface area contributed by atoms with Gasteiger partial charge in [-0.1, -0.05) is 182 Å². The van der Waals surface area contributed by atoms with Gasteiger partial charge < -0.3 is 9.32 Å². The fourth-order valence-corrected chi connectivity index (χ4v) is 8.66. The van der Waals surface area contributed by atoms with Crippen LogP contribution < -0.4 is 4.90 Å². The molecule has 272 valence electrons. The highest BCUT2D eigenvalue weighted by Gasteiger charge is 2.21. The first-order chi connectivity index (χ1) is 28.8. The average molecular weight is 740 g/mol. The van der Waals surface area contributed by atoms with Crippen molar-refractivity contribution in [3.8, 4) is 44.5 Å². The Balaban J connectivity index is 1.03. The summed E-state index contributed by atoms with van der Waals surface area (Å²) in [4.78, 5) is 2.38. The van der Waals surface area contributed by atoms with Gasteiger partial charge in [0, 0.05) is 33.1 Å². The van der Waals surface area contributed by atoms with Gasteiger partial charge in [-0.3, -0.25) is 0 Å². The molecule has 1 aromatic heterocycles. The molecule has 0 bridgehead atoms. The first kappa shape index (κ1) is 33.6. The van der Waals surface area contributed by atoms with Crippen LogP contribution in [-0.4, -0.2) is 0 Å². The van der Waals surface area contributed by atoms with Crippen LogP contribution in [0.3, 0.4) is 0 Å². The van der Waals surface area contributed by atoms with Crippen LogP contribution in [0.15, 0.2) is 229 Å². The topological polar surface area (TPSA) is 16.4 Å². The van der Waals surface area contributed by atoms with Crippen molar-refractivity contribution in [1.29, 1.82) is 0 Å². The van der Waals surface area contributed by atoms with Crippen molar-refractivity contribution in [3.05, 3.63) is 224 Å². The van der Waals surface area contributed by atoms with Crippen LogP contribution in [0.5, 0.6) is 0 Å². The van der Waals surface area contributed by atoms with E-state index in [0.717, 1.165) is 60.9 Å². The van der Waals surface area contributed by atoms with Crippen molar-refractivity contribution in [3.63, 3.8) is 0 Å². The van der Waals surface area contributed by atoms with Gasteiger partial charge in [-0.05, 0) is 97.6 Å². The molecule has 0 spiro atoms. The van der Waals surface area contributed by atoms with Crippen molar-refractivity contribution in [2.45, 2.75) is 0 Å². The molecule has 1 heterocycles. The summed E-state index contributed by atoms with van der Waals surface area (Å²) in [6.45, 7) is 0. The number of hydrogen-bond acceptors (Lipinski definition) is 2. The number of para-hydroxylation sites is 2. The predicted octanol–water partition coefficient (Wildman–Crippen LogP) is 16.0. The standard InChI is InChI=1S/C56H37NO/c1-2-12-38(13-3-1)40-28-33-45(34-29-40)57(46-35-30-41(31-36-46)39-24-26-43(27-25-39)48-20-10-15-42-14-4-5-17-47(42)48)53-22-8-6-18-49(53)51-21-11-16-44-32-37-52-50-19-7-9-23-54(50)58-56(52)55(44)51/h1-37H. The number of furan rings is 1. The van der Waals surface area contributed by atoms with Gasteiger partial charge in [-0.15, -0.1) is 0 Å². The van der Waals surface area contributed by atoms with Gasteiger partial charge in [-0.2, -0.15) is 0 Å². The smallest absolute Gasteiger partial charge is 0.143 e. The minimum Gasteiger partial charge on any atom is -0.455 e. The van der Waals surface area contributed by atoms with Crippen molar-refractivity contribution >= 4 is 60.5 Å². The molecule has 11 rings (SSSR count). The molecule has 0 saturated carbocycles. The first-order valence-corrected chi connectivity index (χ1v) is 19.8. The summed E-state index contributed by atoms with van der Waals surface area (Å²) < 4.78 is 6.65. The molecule has 0 aliphatic heterocycles. The monoisotopic (exact) mass is 739 g/mol. The van der Waals surface area contributed by atoms with E-state index in [2.05, 4.69) is 223 Å². The third-order valence-corrected chi connectivity index (χ3v) is 11.5. The van der Waals surface area contributed by atoms with E-state index in [9.17, 15) is 0 Å². The van der Waals surface area contributed by atoms with Crippen LogP contribution in [-0.2, 0) is 0 Å². The summed E-state index contributed by atoms with van der Waals surface area (Å²) in [5.74, 6) is 0. The molecule has 0 N–H and O–H groups in total. The van der Waals surface area contributed by atoms with E-state index >= 15 is 0 Å². The van der Waals surface area contributed by atoms with Crippen LogP contribution >= 0.6 is 0 Å². The molecule has 0 saturated heterocycles. The van der Waals surface area contributed by atoms with Gasteiger partial charge in [0.15, 0.2) is 0 Å². The summed E-state index contributed by atoms with van der Waals surface area (Å²) in [5.41, 5.74) is 14.5. The maximum absolute atomic E-state index is 6.65. The molecule has 0 unspecified atom stereocenters. The van der Waals surface area contributed by atoms with Crippen molar-refractivity contribution in [2.24, 2.45) is 0 Å². The van der Waals surface area contributed by atoms with Crippen LogP contribution in [0.25, 0.3) is 88.0 Å². The lowest BCUT2D eigenvalue weighted by molar-refractivity contribution is 0.673. The van der Waals surface area contributed by atoms with E-state index in [1.807, 2.05) is 6.07 Å². The maximum Gasteiger partial charge on any atom is 0.143 e. The lowest BCUT2D eigenvalue weighted by Crippen LogP contribution is -2.11. The fraction of sp³-hybridized carbons (Fsp3) is 0. The third-order valence-electron chi connectivity index (χ3n) is 11.5. The maximum atomic E-state index is 6.65. The molecule has 0 radical (unpaired) electrons. The van der Waals surface area contributed by atoms with Gasteiger partial charge in [0.05, 0.1) is 5.69 Å². The van der Waals surface area contributed by atoms with E-state index in [1.54, 1.807) is 0 Å². The van der Waals surface area contributed by atoms with Crippen LogP contribution in [0, 0.1) is 0 Å². The van der Waals surface area contributed by atoms with Crippen LogP contribution in [0.2, 0.25) is 0 Å². The number of fused-ring (bicyclic) bond motifs is 6. The molecule has 10 aromatic carbocycles. The molecule has 0 amide bonds. The highest BCUT2D eigenvalue weighted by atomic mass is 16.3. The lowest BCUT2D eigenvalue weighted by atomic mass is 9.94. The minimum atomic E-state index is 0.900. The van der Waals surface area contributed by atoms with Crippen LogP contribution in [0.4, 0.5) is 17.1 Å². The second-order valence-electron chi connectivity index (χ2n) is 14.9. The Labute approximate surface area is 337 Å². The number of rotatable bonds is 7. The van der Waals surface area contributed by atoms with Crippen molar-refractivity contribution < 1.29 is 4.42 Å². The highest BCUT2D eigenvalue weighted by molar-refractivity contribution is 6.19. The Hall–Kier alpha value is -7.68. The third kappa shape index (κ3) is 5.82. The highest BCUT2D eigenvalue weighted by Crippen LogP contribution is 2.46. The van der Waals surface area contributed by atoms with Gasteiger partial charge >= 0.3 is 0 Å². The van der Waals surface area contributed by atoms with Gasteiger partial charge in [0.1, 0.15) is 11.2 Å². The summed E-state index contributed by atoms with van der Waals surface area (Å²) >= 11 is 0. The summed E-state index contributed by atoms with van der Waals surface area (Å²) in [5, 5.41) is 7.04. The molecule has 2 nitrogen and oxygen atoms in total. The number of hydrogen-bond donors (Lipinski definition) is 0. The Kier molecular flexibility index (Phi) is 8.19. The van der Waals surface area contributed by atoms with E-state index in [-0.39, 0.29) is 0 Å². The molecule has 11 aromatic rings. The zero-order chi connectivity index (χ0) is 38.4. The molecule has 0 aliphatic carbocycles. The summed E-state index contributed by atoms with van der Waals surface area (Å²) in [7, 11) is 0. The summed E-state index contributed by atoms with van der Waals surface area (Å²) in [6, 6.07) is 80.6. The molecular weight excluding hydrogens is 703 g/mol. The van der Waals surface area contributed by atoms with E-state index in [0.29, 0.717) is 0 Å².